The molecule has 0 amide bonds. The summed E-state index contributed by atoms with van der Waals surface area (Å²) in [5.41, 5.74) is 0. The number of rotatable bonds is 6. The van der Waals surface area contributed by atoms with Crippen molar-refractivity contribution in [2.75, 3.05) is 33.1 Å². The van der Waals surface area contributed by atoms with Gasteiger partial charge in [0.15, 0.2) is 0 Å². The van der Waals surface area contributed by atoms with Gasteiger partial charge in [0.2, 0.25) is 0 Å². The summed E-state index contributed by atoms with van der Waals surface area (Å²) in [6.45, 7) is 6.47. The van der Waals surface area contributed by atoms with Crippen LogP contribution in [0.25, 0.3) is 0 Å². The second-order valence-electron chi connectivity index (χ2n) is 3.68. The lowest BCUT2D eigenvalue weighted by atomic mass is 10.1. The van der Waals surface area contributed by atoms with Crippen molar-refractivity contribution in [1.82, 2.24) is 10.2 Å². The Hall–Kier alpha value is 0.210. The molecule has 1 N–H and O–H groups in total. The van der Waals surface area contributed by atoms with Crippen LogP contribution in [0.5, 0.6) is 0 Å². The van der Waals surface area contributed by atoms with Gasteiger partial charge in [0, 0.05) is 25.0 Å². The van der Waals surface area contributed by atoms with Crippen LogP contribution in [0.15, 0.2) is 0 Å². The van der Waals surface area contributed by atoms with Crippen LogP contribution < -0.4 is 5.32 Å². The van der Waals surface area contributed by atoms with Crippen LogP contribution in [0.2, 0.25) is 0 Å². The summed E-state index contributed by atoms with van der Waals surface area (Å²) in [6, 6.07) is 0.516. The molecule has 0 aromatic carbocycles. The molecule has 0 fully saturated rings. The predicted octanol–water partition coefficient (Wildman–Crippen LogP) is 1.40. The summed E-state index contributed by atoms with van der Waals surface area (Å²) in [5.74, 6) is 1.28. The maximum Gasteiger partial charge on any atom is 0.0263 e. The summed E-state index contributed by atoms with van der Waals surface area (Å²) in [7, 11) is 4.16. The monoisotopic (exact) mass is 192 g/mol. The largest absolute Gasteiger partial charge is 0.313 e. The summed E-state index contributed by atoms with van der Waals surface area (Å²) in [4.78, 5) is 2.17. The molecule has 0 saturated carbocycles. The van der Waals surface area contributed by atoms with Gasteiger partial charge in [0.1, 0.15) is 0 Å². The van der Waals surface area contributed by atoms with Crippen molar-refractivity contribution in [3.8, 4) is 0 Å². The van der Waals surface area contributed by atoms with E-state index in [-0.39, 0.29) is 0 Å². The molecule has 12 heavy (non-hydrogen) atoms. The van der Waals surface area contributed by atoms with Gasteiger partial charge in [0.05, 0.1) is 0 Å². The molecule has 0 aromatic heterocycles. The fourth-order valence-electron chi connectivity index (χ4n) is 0.851. The maximum absolute atomic E-state index is 5.74. The van der Waals surface area contributed by atoms with E-state index in [2.05, 4.69) is 38.2 Å². The smallest absolute Gasteiger partial charge is 0.0263 e. The molecule has 0 spiro atoms. The maximum atomic E-state index is 5.74. The second kappa shape index (κ2) is 6.70. The Balaban J connectivity index is 3.37. The normalized spacial score (nSPS) is 16.5. The molecule has 0 heterocycles. The predicted molar refractivity (Wildman–Crippen MR) is 55.9 cm³/mol. The molecule has 3 heteroatoms. The van der Waals surface area contributed by atoms with Gasteiger partial charge < -0.3 is 10.2 Å². The van der Waals surface area contributed by atoms with E-state index in [1.54, 1.807) is 0 Å². The lowest BCUT2D eigenvalue weighted by molar-refractivity contribution is 0.363. The van der Waals surface area contributed by atoms with E-state index < -0.39 is 0 Å². The van der Waals surface area contributed by atoms with Crippen LogP contribution in [0.3, 0.4) is 0 Å². The van der Waals surface area contributed by atoms with Crippen molar-refractivity contribution in [2.45, 2.75) is 19.9 Å². The average Bonchev–Trinajstić information content (AvgIpc) is 2.02. The molecule has 2 nitrogen and oxygen atoms in total. The molecule has 2 atom stereocenters. The zero-order valence-electron chi connectivity index (χ0n) is 8.60. The molecule has 0 bridgehead atoms. The minimum atomic E-state index is 0.516. The molecular weight excluding hydrogens is 172 g/mol. The van der Waals surface area contributed by atoms with Crippen molar-refractivity contribution < 1.29 is 0 Å². The van der Waals surface area contributed by atoms with Crippen LogP contribution >= 0.6 is 11.6 Å². The fourth-order valence-corrected chi connectivity index (χ4v) is 1.12. The van der Waals surface area contributed by atoms with Gasteiger partial charge in [-0.1, -0.05) is 6.92 Å². The topological polar surface area (TPSA) is 15.3 Å². The van der Waals surface area contributed by atoms with Gasteiger partial charge in [-0.25, -0.2) is 0 Å². The number of halogens is 1. The number of hydrogen-bond donors (Lipinski definition) is 1. The molecule has 0 aromatic rings. The zero-order chi connectivity index (χ0) is 9.56. The second-order valence-corrected chi connectivity index (χ2v) is 3.99. The number of nitrogens with one attached hydrogen (secondary N) is 1. The van der Waals surface area contributed by atoms with Crippen LogP contribution in [0, 0.1) is 5.92 Å². The van der Waals surface area contributed by atoms with E-state index in [0.29, 0.717) is 12.0 Å². The highest BCUT2D eigenvalue weighted by Crippen LogP contribution is 2.03. The molecule has 0 saturated heterocycles. The lowest BCUT2D eigenvalue weighted by Crippen LogP contribution is -2.37. The first-order valence-corrected chi connectivity index (χ1v) is 5.05. The van der Waals surface area contributed by atoms with E-state index >= 15 is 0 Å². The first-order valence-electron chi connectivity index (χ1n) is 4.52. The third-order valence-electron chi connectivity index (χ3n) is 2.12. The van der Waals surface area contributed by atoms with E-state index in [1.807, 2.05) is 0 Å². The number of hydrogen-bond acceptors (Lipinski definition) is 2. The molecule has 74 valence electrons. The fraction of sp³-hybridized carbons (Fsp3) is 1.00. The summed E-state index contributed by atoms with van der Waals surface area (Å²) < 4.78 is 0. The highest BCUT2D eigenvalue weighted by molar-refractivity contribution is 6.18. The van der Waals surface area contributed by atoms with Crippen molar-refractivity contribution in [3.63, 3.8) is 0 Å². The van der Waals surface area contributed by atoms with Crippen LogP contribution in [0.4, 0.5) is 0 Å². The van der Waals surface area contributed by atoms with Gasteiger partial charge in [0.25, 0.3) is 0 Å². The van der Waals surface area contributed by atoms with E-state index in [0.717, 1.165) is 19.0 Å². The van der Waals surface area contributed by atoms with E-state index in [4.69, 9.17) is 11.6 Å². The molecule has 0 aliphatic rings. The summed E-state index contributed by atoms with van der Waals surface area (Å²) >= 11 is 5.74. The number of nitrogens with zero attached hydrogens (tertiary/aromatic N) is 1. The van der Waals surface area contributed by atoms with Crippen molar-refractivity contribution in [2.24, 2.45) is 5.92 Å². The zero-order valence-corrected chi connectivity index (χ0v) is 9.36. The van der Waals surface area contributed by atoms with Gasteiger partial charge in [-0.3, -0.25) is 0 Å². The van der Waals surface area contributed by atoms with Gasteiger partial charge in [-0.2, -0.15) is 0 Å². The Morgan fingerprint density at radius 2 is 1.92 bits per heavy atom. The van der Waals surface area contributed by atoms with Gasteiger partial charge in [-0.05, 0) is 26.9 Å². The van der Waals surface area contributed by atoms with Crippen LogP contribution in [-0.2, 0) is 0 Å². The molecular formula is C9H21ClN2. The average molecular weight is 193 g/mol. The van der Waals surface area contributed by atoms with Crippen molar-refractivity contribution >= 4 is 11.6 Å². The molecule has 0 aliphatic carbocycles. The first kappa shape index (κ1) is 12.2. The lowest BCUT2D eigenvalue weighted by Gasteiger charge is -2.20. The van der Waals surface area contributed by atoms with Gasteiger partial charge in [-0.15, -0.1) is 11.6 Å². The molecule has 0 radical (unpaired) electrons. The highest BCUT2D eigenvalue weighted by Gasteiger charge is 2.09. The number of likely N-dealkylation sites (N-methyl/N-ethyl adjacent to an activating group) is 1. The minimum Gasteiger partial charge on any atom is -0.313 e. The third kappa shape index (κ3) is 5.81. The van der Waals surface area contributed by atoms with Crippen LogP contribution in [0.1, 0.15) is 13.8 Å². The molecule has 0 aliphatic heterocycles. The summed E-state index contributed by atoms with van der Waals surface area (Å²) in [6.07, 6.45) is 0. The minimum absolute atomic E-state index is 0.516. The molecule has 0 rings (SSSR count). The van der Waals surface area contributed by atoms with Crippen LogP contribution in [-0.4, -0.2) is 44.0 Å². The first-order chi connectivity index (χ1) is 5.57. The van der Waals surface area contributed by atoms with Crippen molar-refractivity contribution in [1.29, 1.82) is 0 Å². The van der Waals surface area contributed by atoms with E-state index in [9.17, 15) is 0 Å². The Labute approximate surface area is 81.3 Å². The highest BCUT2D eigenvalue weighted by atomic mass is 35.5. The SMILES string of the molecule is CC(CCl)C(C)NCCN(C)C. The van der Waals surface area contributed by atoms with E-state index in [1.165, 1.54) is 0 Å². The quantitative estimate of drug-likeness (QED) is 0.641. The summed E-state index contributed by atoms with van der Waals surface area (Å²) in [5, 5.41) is 3.44. The molecule has 2 unspecified atom stereocenters. The Morgan fingerprint density at radius 1 is 1.33 bits per heavy atom. The Bertz CT molecular complexity index is 107. The number of alkyl halides is 1. The Kier molecular flexibility index (Phi) is 6.81. The van der Waals surface area contributed by atoms with Crippen molar-refractivity contribution in [3.05, 3.63) is 0 Å². The standard InChI is InChI=1S/C9H21ClN2/c1-8(7-10)9(2)11-5-6-12(3)4/h8-9,11H,5-7H2,1-4H3. The Morgan fingerprint density at radius 3 is 2.33 bits per heavy atom. The van der Waals surface area contributed by atoms with Gasteiger partial charge >= 0.3 is 0 Å². The third-order valence-corrected chi connectivity index (χ3v) is 2.61.